The van der Waals surface area contributed by atoms with E-state index in [9.17, 15) is 14.3 Å². The standard InChI is InChI=1S/C20H17FN8O3/c1-29-10-24-17(28-29)12-4-3-5-14(16(12)32-2)25-18-13(19(30)31)9-23-20(27-18)26-15-7-6-11(21)8-22-15/h3-10H,1-2H3,(H,30,31)(H2,22,23,25,26,27). The van der Waals surface area contributed by atoms with E-state index in [0.717, 1.165) is 12.4 Å². The number of carboxylic acids is 1. The number of halogens is 1. The molecule has 0 bridgehead atoms. The van der Waals surface area contributed by atoms with Gasteiger partial charge < -0.3 is 20.5 Å². The Morgan fingerprint density at radius 1 is 1.12 bits per heavy atom. The van der Waals surface area contributed by atoms with Gasteiger partial charge in [0.15, 0.2) is 17.4 Å². The lowest BCUT2D eigenvalue weighted by molar-refractivity contribution is 0.0697. The van der Waals surface area contributed by atoms with Gasteiger partial charge in [-0.3, -0.25) is 4.68 Å². The van der Waals surface area contributed by atoms with E-state index in [0.29, 0.717) is 28.6 Å². The second-order valence-corrected chi connectivity index (χ2v) is 6.50. The Kier molecular flexibility index (Phi) is 5.57. The Morgan fingerprint density at radius 2 is 1.97 bits per heavy atom. The van der Waals surface area contributed by atoms with Gasteiger partial charge in [-0.15, -0.1) is 0 Å². The summed E-state index contributed by atoms with van der Waals surface area (Å²) in [6, 6.07) is 7.86. The molecule has 12 heteroatoms. The van der Waals surface area contributed by atoms with Gasteiger partial charge in [-0.1, -0.05) is 6.07 Å². The number of anilines is 4. The lowest BCUT2D eigenvalue weighted by atomic mass is 10.1. The fraction of sp³-hybridized carbons (Fsp3) is 0.100. The predicted octanol–water partition coefficient (Wildman–Crippen LogP) is 3.00. The van der Waals surface area contributed by atoms with Gasteiger partial charge in [0.05, 0.1) is 24.6 Å². The minimum Gasteiger partial charge on any atom is -0.494 e. The first-order valence-corrected chi connectivity index (χ1v) is 9.23. The highest BCUT2D eigenvalue weighted by atomic mass is 19.1. The summed E-state index contributed by atoms with van der Waals surface area (Å²) in [6.45, 7) is 0. The zero-order chi connectivity index (χ0) is 22.7. The highest BCUT2D eigenvalue weighted by molar-refractivity contribution is 5.94. The number of benzene rings is 1. The van der Waals surface area contributed by atoms with Gasteiger partial charge in [0.25, 0.3) is 0 Å². The van der Waals surface area contributed by atoms with Crippen LogP contribution in [0.5, 0.6) is 5.75 Å². The van der Waals surface area contributed by atoms with Crippen LogP contribution < -0.4 is 15.4 Å². The van der Waals surface area contributed by atoms with Crippen LogP contribution >= 0.6 is 0 Å². The molecule has 11 nitrogen and oxygen atoms in total. The number of nitrogens with one attached hydrogen (secondary N) is 2. The van der Waals surface area contributed by atoms with Crippen LogP contribution in [0, 0.1) is 5.82 Å². The van der Waals surface area contributed by atoms with Crippen LogP contribution in [-0.2, 0) is 7.05 Å². The van der Waals surface area contributed by atoms with Crippen molar-refractivity contribution < 1.29 is 19.0 Å². The first-order valence-electron chi connectivity index (χ1n) is 9.23. The number of ether oxygens (including phenoxy) is 1. The van der Waals surface area contributed by atoms with Crippen molar-refractivity contribution in [2.75, 3.05) is 17.7 Å². The highest BCUT2D eigenvalue weighted by Gasteiger charge is 2.19. The molecule has 0 saturated carbocycles. The van der Waals surface area contributed by atoms with Gasteiger partial charge >= 0.3 is 5.97 Å². The van der Waals surface area contributed by atoms with Gasteiger partial charge in [-0.2, -0.15) is 10.1 Å². The summed E-state index contributed by atoms with van der Waals surface area (Å²) in [5.74, 6) is -0.488. The number of rotatable bonds is 7. The molecule has 0 aliphatic rings. The van der Waals surface area contributed by atoms with Crippen LogP contribution in [0.1, 0.15) is 10.4 Å². The van der Waals surface area contributed by atoms with Crippen LogP contribution in [0.2, 0.25) is 0 Å². The Balaban J connectivity index is 1.71. The van der Waals surface area contributed by atoms with E-state index >= 15 is 0 Å². The molecular weight excluding hydrogens is 419 g/mol. The Morgan fingerprint density at radius 3 is 2.62 bits per heavy atom. The Bertz CT molecular complexity index is 1280. The van der Waals surface area contributed by atoms with Gasteiger partial charge in [0, 0.05) is 13.2 Å². The van der Waals surface area contributed by atoms with Crippen molar-refractivity contribution in [1.82, 2.24) is 29.7 Å². The third kappa shape index (κ3) is 4.28. The van der Waals surface area contributed by atoms with Crippen molar-refractivity contribution in [2.45, 2.75) is 0 Å². The quantitative estimate of drug-likeness (QED) is 0.396. The smallest absolute Gasteiger partial charge is 0.341 e. The van der Waals surface area contributed by atoms with Crippen LogP contribution in [-0.4, -0.2) is 47.9 Å². The third-order valence-electron chi connectivity index (χ3n) is 4.30. The van der Waals surface area contributed by atoms with E-state index in [1.807, 2.05) is 0 Å². The van der Waals surface area contributed by atoms with Crippen molar-refractivity contribution in [3.05, 3.63) is 60.4 Å². The van der Waals surface area contributed by atoms with Crippen molar-refractivity contribution in [1.29, 1.82) is 0 Å². The molecule has 0 aliphatic carbocycles. The molecular formula is C20H17FN8O3. The van der Waals surface area contributed by atoms with E-state index < -0.39 is 11.8 Å². The number of carboxylic acid groups (broad SMARTS) is 1. The summed E-state index contributed by atoms with van der Waals surface area (Å²) in [4.78, 5) is 28.1. The fourth-order valence-corrected chi connectivity index (χ4v) is 2.88. The van der Waals surface area contributed by atoms with E-state index in [4.69, 9.17) is 4.74 Å². The minimum atomic E-state index is -1.22. The molecule has 4 rings (SSSR count). The molecule has 0 amide bonds. The molecule has 1 aromatic carbocycles. The average Bonchev–Trinajstić information content (AvgIpc) is 3.21. The van der Waals surface area contributed by atoms with Crippen LogP contribution in [0.25, 0.3) is 11.4 Å². The van der Waals surface area contributed by atoms with Crippen LogP contribution in [0.4, 0.5) is 27.7 Å². The average molecular weight is 436 g/mol. The molecule has 3 aromatic heterocycles. The zero-order valence-electron chi connectivity index (χ0n) is 16.9. The molecule has 3 heterocycles. The number of nitrogens with zero attached hydrogens (tertiary/aromatic N) is 6. The summed E-state index contributed by atoms with van der Waals surface area (Å²) in [6.07, 6.45) is 3.75. The summed E-state index contributed by atoms with van der Waals surface area (Å²) in [7, 11) is 3.23. The van der Waals surface area contributed by atoms with Crippen molar-refractivity contribution >= 4 is 29.2 Å². The fourth-order valence-electron chi connectivity index (χ4n) is 2.88. The molecule has 0 spiro atoms. The number of carbonyl (C=O) groups is 1. The SMILES string of the molecule is COc1c(Nc2nc(Nc3ccc(F)cn3)ncc2C(=O)O)cccc1-c1ncn(C)n1. The number of methoxy groups -OCH3 is 1. The lowest BCUT2D eigenvalue weighted by Gasteiger charge is -2.15. The van der Waals surface area contributed by atoms with Gasteiger partial charge in [-0.05, 0) is 24.3 Å². The summed E-state index contributed by atoms with van der Waals surface area (Å²) < 4.78 is 20.2. The van der Waals surface area contributed by atoms with E-state index in [1.165, 1.54) is 19.2 Å². The van der Waals surface area contributed by atoms with E-state index in [1.54, 1.807) is 36.3 Å². The molecule has 4 aromatic rings. The minimum absolute atomic E-state index is 0.0153. The lowest BCUT2D eigenvalue weighted by Crippen LogP contribution is -2.09. The number of aromatic carboxylic acids is 1. The first-order chi connectivity index (χ1) is 15.4. The molecule has 32 heavy (non-hydrogen) atoms. The number of hydrogen-bond donors (Lipinski definition) is 3. The van der Waals surface area contributed by atoms with Crippen molar-refractivity contribution in [3.8, 4) is 17.1 Å². The molecule has 3 N–H and O–H groups in total. The number of para-hydroxylation sites is 1. The molecule has 0 fully saturated rings. The zero-order valence-corrected chi connectivity index (χ0v) is 16.9. The van der Waals surface area contributed by atoms with E-state index in [-0.39, 0.29) is 17.3 Å². The molecule has 0 atom stereocenters. The maximum atomic E-state index is 13.1. The van der Waals surface area contributed by atoms with Gasteiger partial charge in [-0.25, -0.2) is 24.1 Å². The molecule has 0 radical (unpaired) electrons. The summed E-state index contributed by atoms with van der Waals surface area (Å²) in [5.41, 5.74) is 0.897. The largest absolute Gasteiger partial charge is 0.494 e. The predicted molar refractivity (Wildman–Crippen MR) is 113 cm³/mol. The number of hydrogen-bond acceptors (Lipinski definition) is 9. The van der Waals surface area contributed by atoms with Crippen molar-refractivity contribution in [2.24, 2.45) is 7.05 Å². The van der Waals surface area contributed by atoms with Gasteiger partial charge in [0.1, 0.15) is 23.5 Å². The second-order valence-electron chi connectivity index (χ2n) is 6.50. The van der Waals surface area contributed by atoms with Crippen molar-refractivity contribution in [3.63, 3.8) is 0 Å². The topological polar surface area (TPSA) is 140 Å². The summed E-state index contributed by atoms with van der Waals surface area (Å²) in [5, 5.41) is 19.6. The number of aromatic nitrogens is 6. The maximum Gasteiger partial charge on any atom is 0.341 e. The molecule has 0 aliphatic heterocycles. The maximum absolute atomic E-state index is 13.1. The summed E-state index contributed by atoms with van der Waals surface area (Å²) >= 11 is 0. The number of aryl methyl sites for hydroxylation is 1. The van der Waals surface area contributed by atoms with Gasteiger partial charge in [0.2, 0.25) is 5.95 Å². The highest BCUT2D eigenvalue weighted by Crippen LogP contribution is 2.36. The normalized spacial score (nSPS) is 10.6. The first kappa shape index (κ1) is 20.7. The Hall–Kier alpha value is -4.61. The van der Waals surface area contributed by atoms with Crippen LogP contribution in [0.15, 0.2) is 49.1 Å². The third-order valence-corrected chi connectivity index (χ3v) is 4.30. The monoisotopic (exact) mass is 436 g/mol. The Labute approximate surface area is 181 Å². The second kappa shape index (κ2) is 8.63. The van der Waals surface area contributed by atoms with E-state index in [2.05, 4.69) is 35.7 Å². The van der Waals surface area contributed by atoms with Crippen LogP contribution in [0.3, 0.4) is 0 Å². The number of pyridine rings is 1. The molecule has 0 unspecified atom stereocenters. The molecule has 0 saturated heterocycles. The molecule has 162 valence electrons.